The van der Waals surface area contributed by atoms with Crippen LogP contribution in [0.25, 0.3) is 0 Å². The minimum atomic E-state index is -0.439. The third-order valence-electron chi connectivity index (χ3n) is 2.33. The molecule has 1 heterocycles. The van der Waals surface area contributed by atoms with Crippen molar-refractivity contribution < 1.29 is 9.18 Å². The highest BCUT2D eigenvalue weighted by molar-refractivity contribution is 6.03. The van der Waals surface area contributed by atoms with Crippen molar-refractivity contribution in [1.82, 2.24) is 4.98 Å². The quantitative estimate of drug-likeness (QED) is 0.853. The topological polar surface area (TPSA) is 68.0 Å². The van der Waals surface area contributed by atoms with Gasteiger partial charge < -0.3 is 11.1 Å². The molecule has 0 atom stereocenters. The first kappa shape index (κ1) is 12.0. The van der Waals surface area contributed by atoms with Gasteiger partial charge in [0.05, 0.1) is 11.9 Å². The van der Waals surface area contributed by atoms with Crippen molar-refractivity contribution in [2.24, 2.45) is 0 Å². The van der Waals surface area contributed by atoms with Gasteiger partial charge in [0.25, 0.3) is 5.91 Å². The van der Waals surface area contributed by atoms with E-state index in [0.29, 0.717) is 17.1 Å². The highest BCUT2D eigenvalue weighted by Crippen LogP contribution is 2.11. The number of hydrogen-bond donors (Lipinski definition) is 2. The molecule has 5 heteroatoms. The van der Waals surface area contributed by atoms with Gasteiger partial charge >= 0.3 is 0 Å². The molecule has 1 aromatic heterocycles. The van der Waals surface area contributed by atoms with E-state index >= 15 is 0 Å². The minimum Gasteiger partial charge on any atom is -0.397 e. The summed E-state index contributed by atoms with van der Waals surface area (Å²) in [5, 5.41) is 2.57. The van der Waals surface area contributed by atoms with Crippen LogP contribution in [-0.4, -0.2) is 10.9 Å². The number of aryl methyl sites for hydroxylation is 1. The lowest BCUT2D eigenvalue weighted by Gasteiger charge is -2.05. The number of nitrogens with one attached hydrogen (secondary N) is 1. The SMILES string of the molecule is Cc1cc(F)cc(C(=O)Nc2ccc(N)cn2)c1. The first-order valence-electron chi connectivity index (χ1n) is 5.34. The molecule has 0 aliphatic carbocycles. The number of carbonyl (C=O) groups excluding carboxylic acids is 1. The number of nitrogen functional groups attached to an aromatic ring is 1. The molecule has 1 amide bonds. The third kappa shape index (κ3) is 2.82. The van der Waals surface area contributed by atoms with E-state index in [9.17, 15) is 9.18 Å². The van der Waals surface area contributed by atoms with Crippen molar-refractivity contribution >= 4 is 17.4 Å². The van der Waals surface area contributed by atoms with Crippen LogP contribution in [0.3, 0.4) is 0 Å². The fourth-order valence-corrected chi connectivity index (χ4v) is 1.54. The number of pyridine rings is 1. The Hall–Kier alpha value is -2.43. The van der Waals surface area contributed by atoms with Gasteiger partial charge in [-0.05, 0) is 42.8 Å². The second-order valence-corrected chi connectivity index (χ2v) is 3.95. The molecule has 4 nitrogen and oxygen atoms in total. The van der Waals surface area contributed by atoms with Gasteiger partial charge in [-0.15, -0.1) is 0 Å². The smallest absolute Gasteiger partial charge is 0.256 e. The van der Waals surface area contributed by atoms with E-state index in [1.807, 2.05) is 0 Å². The monoisotopic (exact) mass is 245 g/mol. The van der Waals surface area contributed by atoms with Crippen LogP contribution in [0.5, 0.6) is 0 Å². The Morgan fingerprint density at radius 2 is 2.11 bits per heavy atom. The van der Waals surface area contributed by atoms with Gasteiger partial charge in [-0.25, -0.2) is 9.37 Å². The third-order valence-corrected chi connectivity index (χ3v) is 2.33. The summed E-state index contributed by atoms with van der Waals surface area (Å²) >= 11 is 0. The summed E-state index contributed by atoms with van der Waals surface area (Å²) < 4.78 is 13.2. The van der Waals surface area contributed by atoms with Gasteiger partial charge in [0, 0.05) is 5.56 Å². The molecule has 92 valence electrons. The molecule has 1 aromatic carbocycles. The van der Waals surface area contributed by atoms with E-state index in [2.05, 4.69) is 10.3 Å². The molecule has 0 aliphatic rings. The molecule has 3 N–H and O–H groups in total. The number of benzene rings is 1. The molecule has 2 rings (SSSR count). The van der Waals surface area contributed by atoms with E-state index in [1.165, 1.54) is 18.3 Å². The Balaban J connectivity index is 2.19. The molecule has 18 heavy (non-hydrogen) atoms. The lowest BCUT2D eigenvalue weighted by molar-refractivity contribution is 0.102. The van der Waals surface area contributed by atoms with E-state index in [-0.39, 0.29) is 5.56 Å². The highest BCUT2D eigenvalue weighted by Gasteiger charge is 2.08. The average Bonchev–Trinajstić information content (AvgIpc) is 2.31. The molecular weight excluding hydrogens is 233 g/mol. The van der Waals surface area contributed by atoms with Gasteiger partial charge in [0.15, 0.2) is 0 Å². The number of nitrogens with zero attached hydrogens (tertiary/aromatic N) is 1. The van der Waals surface area contributed by atoms with Gasteiger partial charge in [-0.1, -0.05) is 0 Å². The van der Waals surface area contributed by atoms with Crippen molar-refractivity contribution in [2.45, 2.75) is 6.92 Å². The second kappa shape index (κ2) is 4.83. The van der Waals surface area contributed by atoms with Crippen LogP contribution < -0.4 is 11.1 Å². The first-order valence-corrected chi connectivity index (χ1v) is 5.34. The normalized spacial score (nSPS) is 10.1. The maximum atomic E-state index is 13.2. The molecule has 0 aliphatic heterocycles. The summed E-state index contributed by atoms with van der Waals surface area (Å²) in [5.41, 5.74) is 6.93. The van der Waals surface area contributed by atoms with Gasteiger partial charge in [0.2, 0.25) is 0 Å². The highest BCUT2D eigenvalue weighted by atomic mass is 19.1. The fourth-order valence-electron chi connectivity index (χ4n) is 1.54. The molecule has 0 bridgehead atoms. The number of halogens is 1. The lowest BCUT2D eigenvalue weighted by Crippen LogP contribution is -2.13. The van der Waals surface area contributed by atoms with E-state index in [0.717, 1.165) is 0 Å². The molecule has 2 aromatic rings. The van der Waals surface area contributed by atoms with Crippen molar-refractivity contribution in [3.63, 3.8) is 0 Å². The molecule has 0 saturated heterocycles. The number of nitrogens with two attached hydrogens (primary N) is 1. The van der Waals surface area contributed by atoms with Gasteiger partial charge in [-0.2, -0.15) is 0 Å². The summed E-state index contributed by atoms with van der Waals surface area (Å²) in [5.74, 6) is -0.476. The Bertz CT molecular complexity index is 561. The molecule has 0 radical (unpaired) electrons. The zero-order valence-corrected chi connectivity index (χ0v) is 9.77. The molecular formula is C13H12FN3O. The number of amides is 1. The minimum absolute atomic E-state index is 0.256. The van der Waals surface area contributed by atoms with E-state index in [1.54, 1.807) is 25.1 Å². The fraction of sp³-hybridized carbons (Fsp3) is 0.0769. The van der Waals surface area contributed by atoms with Crippen LogP contribution in [0, 0.1) is 12.7 Å². The number of hydrogen-bond acceptors (Lipinski definition) is 3. The summed E-state index contributed by atoms with van der Waals surface area (Å²) in [6.45, 7) is 1.72. The van der Waals surface area contributed by atoms with Gasteiger partial charge in [0.1, 0.15) is 11.6 Å². The average molecular weight is 245 g/mol. The van der Waals surface area contributed by atoms with E-state index in [4.69, 9.17) is 5.73 Å². The van der Waals surface area contributed by atoms with E-state index < -0.39 is 11.7 Å². The summed E-state index contributed by atoms with van der Waals surface area (Å²) in [6, 6.07) is 7.35. The van der Waals surface area contributed by atoms with Crippen LogP contribution in [0.15, 0.2) is 36.5 Å². The molecule has 0 saturated carbocycles. The van der Waals surface area contributed by atoms with Crippen molar-refractivity contribution in [3.05, 3.63) is 53.5 Å². The number of anilines is 2. The predicted octanol–water partition coefficient (Wildman–Crippen LogP) is 2.36. The summed E-state index contributed by atoms with van der Waals surface area (Å²) in [7, 11) is 0. The Morgan fingerprint density at radius 3 is 2.72 bits per heavy atom. The van der Waals surface area contributed by atoms with Crippen LogP contribution in [0.1, 0.15) is 15.9 Å². The second-order valence-electron chi connectivity index (χ2n) is 3.95. The molecule has 0 unspecified atom stereocenters. The maximum Gasteiger partial charge on any atom is 0.256 e. The van der Waals surface area contributed by atoms with Crippen molar-refractivity contribution in [3.8, 4) is 0 Å². The number of carbonyl (C=O) groups is 1. The molecule has 0 spiro atoms. The summed E-state index contributed by atoms with van der Waals surface area (Å²) in [6.07, 6.45) is 1.44. The van der Waals surface area contributed by atoms with Crippen LogP contribution >= 0.6 is 0 Å². The predicted molar refractivity (Wildman–Crippen MR) is 67.7 cm³/mol. The van der Waals surface area contributed by atoms with Crippen molar-refractivity contribution in [1.29, 1.82) is 0 Å². The van der Waals surface area contributed by atoms with Crippen LogP contribution in [0.2, 0.25) is 0 Å². The van der Waals surface area contributed by atoms with Gasteiger partial charge in [-0.3, -0.25) is 4.79 Å². The first-order chi connectivity index (χ1) is 8.54. The number of aromatic nitrogens is 1. The van der Waals surface area contributed by atoms with Crippen molar-refractivity contribution in [2.75, 3.05) is 11.1 Å². The zero-order chi connectivity index (χ0) is 13.1. The largest absolute Gasteiger partial charge is 0.397 e. The molecule has 0 fully saturated rings. The number of rotatable bonds is 2. The Morgan fingerprint density at radius 1 is 1.33 bits per heavy atom. The van der Waals surface area contributed by atoms with Crippen LogP contribution in [-0.2, 0) is 0 Å². The lowest BCUT2D eigenvalue weighted by atomic mass is 10.1. The maximum absolute atomic E-state index is 13.2. The standard InChI is InChI=1S/C13H12FN3O/c1-8-4-9(6-10(14)5-8)13(18)17-12-3-2-11(15)7-16-12/h2-7H,15H2,1H3,(H,16,17,18). The Kier molecular flexibility index (Phi) is 3.23. The Labute approximate surface area is 104 Å². The van der Waals surface area contributed by atoms with Crippen LogP contribution in [0.4, 0.5) is 15.9 Å². The zero-order valence-electron chi connectivity index (χ0n) is 9.77. The summed E-state index contributed by atoms with van der Waals surface area (Å²) in [4.78, 5) is 15.8.